The minimum Gasteiger partial charge on any atom is -0.479 e. The molecule has 6 rings (SSSR count). The Kier molecular flexibility index (Phi) is 10.2. The summed E-state index contributed by atoms with van der Waals surface area (Å²) in [5.74, 6) is 4.81. The third kappa shape index (κ3) is 6.65. The van der Waals surface area contributed by atoms with E-state index >= 15 is 0 Å². The number of carboxylic acid groups (broad SMARTS) is 1. The summed E-state index contributed by atoms with van der Waals surface area (Å²) in [5.41, 5.74) is -0.474. The molecule has 50 heavy (non-hydrogen) atoms. The van der Waals surface area contributed by atoms with Gasteiger partial charge in [0.25, 0.3) is 0 Å². The van der Waals surface area contributed by atoms with Crippen LogP contribution in [0.15, 0.2) is 0 Å². The van der Waals surface area contributed by atoms with Gasteiger partial charge in [-0.05, 0) is 166 Å². The van der Waals surface area contributed by atoms with Crippen LogP contribution in [0, 0.1) is 86.3 Å². The zero-order valence-electron chi connectivity index (χ0n) is 35.4. The van der Waals surface area contributed by atoms with Crippen molar-refractivity contribution in [1.82, 2.24) is 5.32 Å². The van der Waals surface area contributed by atoms with Crippen molar-refractivity contribution >= 4 is 11.9 Å². The lowest BCUT2D eigenvalue weighted by atomic mass is 9.43. The van der Waals surface area contributed by atoms with Gasteiger partial charge in [0, 0.05) is 11.1 Å². The standard InChI is InChI=1S/C45H79NO4/c1-17-33(36(47)48)50-37(49)32(39(2,3)4)25-41(8,9)42(10,11)38(45(16)30-21-26-20-29(24-30)31(45)22-26)44(14,15)46-43(12,13)35-28-19-18-27(23-28)34(35)40(5,6)7/h26-35,38,46H,17-25H2,1-16H3,(H,47,48). The highest BCUT2D eigenvalue weighted by molar-refractivity contribution is 5.79. The van der Waals surface area contributed by atoms with Crippen LogP contribution in [-0.4, -0.2) is 34.2 Å². The van der Waals surface area contributed by atoms with Crippen LogP contribution in [0.1, 0.15) is 169 Å². The van der Waals surface area contributed by atoms with Crippen molar-refractivity contribution in [2.75, 3.05) is 0 Å². The second-order valence-electron chi connectivity index (χ2n) is 23.4. The molecular formula is C45H79NO4. The quantitative estimate of drug-likeness (QED) is 0.187. The van der Waals surface area contributed by atoms with Gasteiger partial charge in [-0.3, -0.25) is 4.79 Å². The fraction of sp³-hybridized carbons (Fsp3) is 0.956. The Morgan fingerprint density at radius 2 is 1.38 bits per heavy atom. The average molecular weight is 698 g/mol. The van der Waals surface area contributed by atoms with E-state index < -0.39 is 18.0 Å². The highest BCUT2D eigenvalue weighted by Gasteiger charge is 2.69. The Bertz CT molecular complexity index is 1280. The number of hydrogen-bond donors (Lipinski definition) is 2. The van der Waals surface area contributed by atoms with E-state index in [1.807, 2.05) is 0 Å². The van der Waals surface area contributed by atoms with Gasteiger partial charge in [-0.2, -0.15) is 0 Å². The molecule has 0 aromatic carbocycles. The van der Waals surface area contributed by atoms with E-state index in [9.17, 15) is 14.7 Å². The summed E-state index contributed by atoms with van der Waals surface area (Å²) in [6.45, 7) is 38.4. The van der Waals surface area contributed by atoms with Crippen LogP contribution in [0.2, 0.25) is 0 Å². The molecule has 0 aromatic heterocycles. The number of rotatable bonds is 13. The second kappa shape index (κ2) is 12.8. The fourth-order valence-corrected chi connectivity index (χ4v) is 15.0. The summed E-state index contributed by atoms with van der Waals surface area (Å²) in [4.78, 5) is 25.9. The molecule has 12 atom stereocenters. The predicted octanol–water partition coefficient (Wildman–Crippen LogP) is 11.0. The van der Waals surface area contributed by atoms with Gasteiger partial charge in [0.1, 0.15) is 0 Å². The molecule has 0 saturated heterocycles. The van der Waals surface area contributed by atoms with Gasteiger partial charge >= 0.3 is 11.9 Å². The van der Waals surface area contributed by atoms with E-state index in [2.05, 4.69) is 109 Å². The van der Waals surface area contributed by atoms with E-state index in [4.69, 9.17) is 4.74 Å². The molecule has 288 valence electrons. The Labute approximate surface area is 308 Å². The van der Waals surface area contributed by atoms with Gasteiger partial charge in [-0.1, -0.05) is 83.1 Å². The fourth-order valence-electron chi connectivity index (χ4n) is 15.0. The summed E-state index contributed by atoms with van der Waals surface area (Å²) < 4.78 is 5.77. The highest BCUT2D eigenvalue weighted by Crippen LogP contribution is 2.74. The van der Waals surface area contributed by atoms with Crippen molar-refractivity contribution in [1.29, 1.82) is 0 Å². The first-order valence-corrected chi connectivity index (χ1v) is 20.8. The smallest absolute Gasteiger partial charge is 0.345 e. The summed E-state index contributed by atoms with van der Waals surface area (Å²) in [5, 5.41) is 14.3. The molecule has 12 unspecified atom stereocenters. The molecule has 5 nitrogen and oxygen atoms in total. The molecule has 6 fully saturated rings. The van der Waals surface area contributed by atoms with Crippen molar-refractivity contribution in [2.24, 2.45) is 86.3 Å². The molecule has 0 heterocycles. The number of carboxylic acids is 1. The van der Waals surface area contributed by atoms with Crippen LogP contribution in [-0.2, 0) is 14.3 Å². The molecule has 6 bridgehead atoms. The first-order valence-electron chi connectivity index (χ1n) is 20.8. The monoisotopic (exact) mass is 698 g/mol. The summed E-state index contributed by atoms with van der Waals surface area (Å²) in [6, 6.07) is 0. The number of fused-ring (bicyclic) bond motifs is 2. The molecule has 2 N–H and O–H groups in total. The minimum atomic E-state index is -1.10. The number of aliphatic carboxylic acids is 1. The number of hydrogen-bond acceptors (Lipinski definition) is 4. The molecule has 5 heteroatoms. The molecule has 0 aliphatic heterocycles. The molecule has 6 saturated carbocycles. The van der Waals surface area contributed by atoms with Gasteiger partial charge < -0.3 is 15.2 Å². The third-order valence-electron chi connectivity index (χ3n) is 16.8. The number of esters is 1. The van der Waals surface area contributed by atoms with Crippen LogP contribution in [0.5, 0.6) is 0 Å². The maximum atomic E-state index is 14.0. The zero-order valence-corrected chi connectivity index (χ0v) is 35.4. The Hall–Kier alpha value is -1.10. The van der Waals surface area contributed by atoms with Crippen LogP contribution in [0.25, 0.3) is 0 Å². The van der Waals surface area contributed by atoms with E-state index in [0.29, 0.717) is 18.3 Å². The third-order valence-corrected chi connectivity index (χ3v) is 16.8. The van der Waals surface area contributed by atoms with Gasteiger partial charge in [0.05, 0.1) is 5.92 Å². The maximum Gasteiger partial charge on any atom is 0.345 e. The van der Waals surface area contributed by atoms with Crippen LogP contribution < -0.4 is 5.32 Å². The van der Waals surface area contributed by atoms with E-state index in [-0.39, 0.29) is 50.5 Å². The lowest BCUT2D eigenvalue weighted by Crippen LogP contribution is -2.68. The van der Waals surface area contributed by atoms with Crippen molar-refractivity contribution in [3.63, 3.8) is 0 Å². The van der Waals surface area contributed by atoms with E-state index in [0.717, 1.165) is 41.4 Å². The molecule has 6 aliphatic carbocycles. The van der Waals surface area contributed by atoms with E-state index in [1.165, 1.54) is 44.9 Å². The molecule has 0 amide bonds. The van der Waals surface area contributed by atoms with Gasteiger partial charge in [-0.15, -0.1) is 0 Å². The van der Waals surface area contributed by atoms with Crippen molar-refractivity contribution < 1.29 is 19.4 Å². The van der Waals surface area contributed by atoms with Gasteiger partial charge in [0.2, 0.25) is 0 Å². The largest absolute Gasteiger partial charge is 0.479 e. The van der Waals surface area contributed by atoms with Crippen molar-refractivity contribution in [3.8, 4) is 0 Å². The molecule has 6 aliphatic rings. The average Bonchev–Trinajstić information content (AvgIpc) is 3.68. The van der Waals surface area contributed by atoms with Crippen LogP contribution >= 0.6 is 0 Å². The Morgan fingerprint density at radius 1 is 0.800 bits per heavy atom. The number of carbonyl (C=O) groups is 2. The van der Waals surface area contributed by atoms with Gasteiger partial charge in [-0.25, -0.2) is 4.79 Å². The van der Waals surface area contributed by atoms with E-state index in [1.54, 1.807) is 6.92 Å². The summed E-state index contributed by atoms with van der Waals surface area (Å²) in [7, 11) is 0. The second-order valence-corrected chi connectivity index (χ2v) is 23.4. The normalized spacial score (nSPS) is 36.2. The zero-order chi connectivity index (χ0) is 37.8. The van der Waals surface area contributed by atoms with Gasteiger partial charge in [0.15, 0.2) is 6.10 Å². The maximum absolute atomic E-state index is 14.0. The minimum absolute atomic E-state index is 0.0182. The number of ether oxygens (including phenoxy) is 1. The summed E-state index contributed by atoms with van der Waals surface area (Å²) in [6.07, 6.45) is 9.56. The number of nitrogens with one attached hydrogen (secondary N) is 1. The first-order chi connectivity index (χ1) is 22.6. The predicted molar refractivity (Wildman–Crippen MR) is 206 cm³/mol. The molecule has 0 spiro atoms. The SMILES string of the molecule is CCC(OC(=O)C(CC(C)(C)C(C)(C)C(C(C)(C)NC(C)(C)C1C2CCC(C2)C1C(C)(C)C)C1(C)C2CC3CC(C2)C1C3)C(C)(C)C)C(=O)O. The summed E-state index contributed by atoms with van der Waals surface area (Å²) >= 11 is 0. The van der Waals surface area contributed by atoms with Crippen molar-refractivity contribution in [3.05, 3.63) is 0 Å². The molecular weight excluding hydrogens is 618 g/mol. The van der Waals surface area contributed by atoms with Crippen LogP contribution in [0.3, 0.4) is 0 Å². The first kappa shape index (κ1) is 40.1. The molecule has 0 aromatic rings. The molecule has 0 radical (unpaired) electrons. The van der Waals surface area contributed by atoms with Crippen molar-refractivity contribution in [2.45, 2.75) is 186 Å². The lowest BCUT2D eigenvalue weighted by Gasteiger charge is -2.64. The highest BCUT2D eigenvalue weighted by atomic mass is 16.6. The lowest BCUT2D eigenvalue weighted by molar-refractivity contribution is -0.174. The Morgan fingerprint density at radius 3 is 1.88 bits per heavy atom. The Balaban J connectivity index is 1.55. The van der Waals surface area contributed by atoms with Crippen LogP contribution in [0.4, 0.5) is 0 Å². The number of carbonyl (C=O) groups excluding carboxylic acids is 1. The topological polar surface area (TPSA) is 75.6 Å².